The maximum atomic E-state index is 12.2. The van der Waals surface area contributed by atoms with Gasteiger partial charge in [0.15, 0.2) is 0 Å². The van der Waals surface area contributed by atoms with E-state index in [0.717, 1.165) is 30.1 Å². The molecular weight excluding hydrogens is 324 g/mol. The molecule has 5 nitrogen and oxygen atoms in total. The van der Waals surface area contributed by atoms with Crippen LogP contribution in [0.1, 0.15) is 15.2 Å². The average molecular weight is 341 g/mol. The number of hydrogen-bond donors (Lipinski definition) is 2. The minimum atomic E-state index is -0.134. The topological polar surface area (TPSA) is 59.6 Å². The van der Waals surface area contributed by atoms with Gasteiger partial charge >= 0.3 is 0 Å². The van der Waals surface area contributed by atoms with Crippen LogP contribution in [0.2, 0.25) is 0 Å². The summed E-state index contributed by atoms with van der Waals surface area (Å²) in [6.07, 6.45) is 0. The molecule has 22 heavy (non-hydrogen) atoms. The Morgan fingerprint density at radius 3 is 3.05 bits per heavy atom. The molecular formula is C15H17ClN2O3S. The summed E-state index contributed by atoms with van der Waals surface area (Å²) >= 11 is 1.36. The van der Waals surface area contributed by atoms with Crippen LogP contribution in [0.4, 0.5) is 5.69 Å². The molecule has 0 spiro atoms. The fourth-order valence-corrected chi connectivity index (χ4v) is 2.88. The molecule has 0 fully saturated rings. The van der Waals surface area contributed by atoms with Gasteiger partial charge in [0.25, 0.3) is 5.91 Å². The van der Waals surface area contributed by atoms with Gasteiger partial charge in [0.05, 0.1) is 12.0 Å². The minimum Gasteiger partial charge on any atom is -0.496 e. The van der Waals surface area contributed by atoms with Crippen LogP contribution >= 0.6 is 23.7 Å². The number of halogens is 1. The van der Waals surface area contributed by atoms with E-state index in [4.69, 9.17) is 9.47 Å². The highest BCUT2D eigenvalue weighted by Crippen LogP contribution is 2.26. The summed E-state index contributed by atoms with van der Waals surface area (Å²) in [5, 5.41) is 7.98. The van der Waals surface area contributed by atoms with Crippen molar-refractivity contribution in [2.24, 2.45) is 0 Å². The first-order valence-electron chi connectivity index (χ1n) is 6.66. The van der Waals surface area contributed by atoms with E-state index in [2.05, 4.69) is 10.6 Å². The number of hydrogen-bond acceptors (Lipinski definition) is 5. The molecule has 0 saturated carbocycles. The van der Waals surface area contributed by atoms with Gasteiger partial charge in [0.1, 0.15) is 18.1 Å². The Balaban J connectivity index is 0.00000176. The van der Waals surface area contributed by atoms with Gasteiger partial charge in [-0.15, -0.1) is 23.7 Å². The highest BCUT2D eigenvalue weighted by Gasteiger charge is 2.13. The van der Waals surface area contributed by atoms with Gasteiger partial charge in [0.2, 0.25) is 0 Å². The highest BCUT2D eigenvalue weighted by atomic mass is 35.5. The molecule has 7 heteroatoms. The average Bonchev–Trinajstić information content (AvgIpc) is 2.86. The zero-order chi connectivity index (χ0) is 14.7. The van der Waals surface area contributed by atoms with Gasteiger partial charge in [-0.05, 0) is 18.2 Å². The zero-order valence-corrected chi connectivity index (χ0v) is 13.7. The third-order valence-corrected chi connectivity index (χ3v) is 4.11. The van der Waals surface area contributed by atoms with Crippen molar-refractivity contribution in [1.82, 2.24) is 5.32 Å². The Morgan fingerprint density at radius 2 is 2.27 bits per heavy atom. The van der Waals surface area contributed by atoms with E-state index in [1.807, 2.05) is 23.6 Å². The van der Waals surface area contributed by atoms with E-state index in [-0.39, 0.29) is 18.3 Å². The number of benzene rings is 1. The van der Waals surface area contributed by atoms with Crippen LogP contribution in [0, 0.1) is 0 Å². The predicted molar refractivity (Wildman–Crippen MR) is 89.7 cm³/mol. The normalized spacial score (nSPS) is 13.1. The second-order valence-electron chi connectivity index (χ2n) is 4.65. The molecule has 0 atom stereocenters. The fraction of sp³-hybridized carbons (Fsp3) is 0.267. The van der Waals surface area contributed by atoms with E-state index in [1.165, 1.54) is 11.3 Å². The monoisotopic (exact) mass is 340 g/mol. The first kappa shape index (κ1) is 16.6. The Morgan fingerprint density at radius 1 is 1.41 bits per heavy atom. The van der Waals surface area contributed by atoms with Crippen LogP contribution in [0.25, 0.3) is 0 Å². The fourth-order valence-electron chi connectivity index (χ4n) is 2.13. The van der Waals surface area contributed by atoms with Crippen LogP contribution in [0.3, 0.4) is 0 Å². The number of carbonyl (C=O) groups excluding carboxylic acids is 1. The van der Waals surface area contributed by atoms with E-state index < -0.39 is 0 Å². The van der Waals surface area contributed by atoms with Gasteiger partial charge < -0.3 is 20.1 Å². The van der Waals surface area contributed by atoms with Crippen LogP contribution in [-0.4, -0.2) is 26.2 Å². The van der Waals surface area contributed by atoms with Crippen molar-refractivity contribution in [2.45, 2.75) is 6.54 Å². The molecule has 2 heterocycles. The molecule has 2 aromatic rings. The summed E-state index contributed by atoms with van der Waals surface area (Å²) in [4.78, 5) is 12.8. The second kappa shape index (κ2) is 7.49. The molecule has 0 aliphatic carbocycles. The molecule has 0 saturated heterocycles. The van der Waals surface area contributed by atoms with Gasteiger partial charge in [0, 0.05) is 35.8 Å². The summed E-state index contributed by atoms with van der Waals surface area (Å²) < 4.78 is 10.7. The number of fused-ring (bicyclic) bond motifs is 1. The number of ether oxygens (including phenoxy) is 2. The van der Waals surface area contributed by atoms with E-state index >= 15 is 0 Å². The molecule has 0 unspecified atom stereocenters. The Hall–Kier alpha value is -1.76. The summed E-state index contributed by atoms with van der Waals surface area (Å²) in [5.41, 5.74) is 1.81. The molecule has 0 bridgehead atoms. The number of anilines is 1. The number of amides is 1. The second-order valence-corrected chi connectivity index (χ2v) is 5.56. The van der Waals surface area contributed by atoms with Gasteiger partial charge in [-0.2, -0.15) is 0 Å². The summed E-state index contributed by atoms with van der Waals surface area (Å²) in [6, 6.07) is 7.42. The smallest absolute Gasteiger partial charge is 0.265 e. The van der Waals surface area contributed by atoms with Crippen molar-refractivity contribution in [3.05, 3.63) is 40.1 Å². The Labute approximate surface area is 139 Å². The van der Waals surface area contributed by atoms with Gasteiger partial charge in [-0.1, -0.05) is 0 Å². The highest BCUT2D eigenvalue weighted by molar-refractivity contribution is 7.12. The van der Waals surface area contributed by atoms with Crippen molar-refractivity contribution in [2.75, 3.05) is 25.6 Å². The van der Waals surface area contributed by atoms with Crippen LogP contribution in [-0.2, 0) is 6.54 Å². The molecule has 1 aromatic heterocycles. The predicted octanol–water partition coefficient (Wildman–Crippen LogP) is 2.91. The standard InChI is InChI=1S/C15H16N2O3S.ClH/c1-19-12-7-14(21-9-12)15(18)17-11-2-3-13-10(6-11)8-16-4-5-20-13;/h2-3,6-7,9,16H,4-5,8H2,1H3,(H,17,18);1H. The lowest BCUT2D eigenvalue weighted by Gasteiger charge is -2.09. The Bertz CT molecular complexity index is 660. The first-order chi connectivity index (χ1) is 10.3. The number of nitrogens with one attached hydrogen (secondary N) is 2. The quantitative estimate of drug-likeness (QED) is 0.902. The Kier molecular flexibility index (Phi) is 5.65. The first-order valence-corrected chi connectivity index (χ1v) is 7.54. The lowest BCUT2D eigenvalue weighted by molar-refractivity contribution is 0.103. The molecule has 2 N–H and O–H groups in total. The maximum absolute atomic E-state index is 12.2. The third-order valence-electron chi connectivity index (χ3n) is 3.21. The molecule has 1 aliphatic heterocycles. The van der Waals surface area contributed by atoms with Crippen LogP contribution in [0.15, 0.2) is 29.6 Å². The summed E-state index contributed by atoms with van der Waals surface area (Å²) in [5.74, 6) is 1.44. The molecule has 3 rings (SSSR count). The van der Waals surface area contributed by atoms with Gasteiger partial charge in [-0.3, -0.25) is 4.79 Å². The number of thiophene rings is 1. The molecule has 1 aromatic carbocycles. The lowest BCUT2D eigenvalue weighted by Crippen LogP contribution is -2.16. The summed E-state index contributed by atoms with van der Waals surface area (Å²) in [7, 11) is 1.59. The maximum Gasteiger partial charge on any atom is 0.265 e. The van der Waals surface area contributed by atoms with Crippen molar-refractivity contribution in [3.8, 4) is 11.5 Å². The summed E-state index contributed by atoms with van der Waals surface area (Å²) in [6.45, 7) is 2.23. The number of carbonyl (C=O) groups is 1. The van der Waals surface area contributed by atoms with Crippen molar-refractivity contribution in [3.63, 3.8) is 0 Å². The molecule has 1 aliphatic rings. The van der Waals surface area contributed by atoms with Crippen molar-refractivity contribution in [1.29, 1.82) is 0 Å². The van der Waals surface area contributed by atoms with E-state index in [1.54, 1.807) is 13.2 Å². The number of methoxy groups -OCH3 is 1. The minimum absolute atomic E-state index is 0. The lowest BCUT2D eigenvalue weighted by atomic mass is 10.1. The third kappa shape index (κ3) is 3.71. The molecule has 118 valence electrons. The van der Waals surface area contributed by atoms with Crippen molar-refractivity contribution < 1.29 is 14.3 Å². The number of rotatable bonds is 3. The molecule has 0 radical (unpaired) electrons. The largest absolute Gasteiger partial charge is 0.496 e. The zero-order valence-electron chi connectivity index (χ0n) is 12.0. The van der Waals surface area contributed by atoms with Crippen LogP contribution in [0.5, 0.6) is 11.5 Å². The van der Waals surface area contributed by atoms with Gasteiger partial charge in [-0.25, -0.2) is 0 Å². The molecule has 1 amide bonds. The van der Waals surface area contributed by atoms with E-state index in [9.17, 15) is 4.79 Å². The SMILES string of the molecule is COc1csc(C(=O)Nc2ccc3c(c2)CNCCO3)c1.Cl. The van der Waals surface area contributed by atoms with Crippen molar-refractivity contribution >= 4 is 35.3 Å². The van der Waals surface area contributed by atoms with Crippen LogP contribution < -0.4 is 20.1 Å². The van der Waals surface area contributed by atoms with E-state index in [0.29, 0.717) is 17.2 Å².